The summed E-state index contributed by atoms with van der Waals surface area (Å²) in [5, 5.41) is 8.43. The number of anilines is 1. The number of amides is 5. The zero-order valence-corrected chi connectivity index (χ0v) is 24.2. The van der Waals surface area contributed by atoms with Crippen molar-refractivity contribution in [3.8, 4) is 0 Å². The van der Waals surface area contributed by atoms with Crippen LogP contribution in [-0.4, -0.2) is 40.5 Å². The number of hydrogen-bond donors (Lipinski definition) is 3. The Kier molecular flexibility index (Phi) is 7.93. The maximum Gasteiger partial charge on any atom is 0.264 e. The van der Waals surface area contributed by atoms with Crippen LogP contribution in [0.2, 0.25) is 0 Å². The van der Waals surface area contributed by atoms with E-state index < -0.39 is 29.7 Å². The second kappa shape index (κ2) is 11.6. The van der Waals surface area contributed by atoms with Crippen molar-refractivity contribution >= 4 is 35.2 Å². The van der Waals surface area contributed by atoms with Gasteiger partial charge >= 0.3 is 0 Å². The molecule has 2 aliphatic heterocycles. The molecule has 0 bridgehead atoms. The number of hydrogen-bond acceptors (Lipinski definition) is 6. The zero-order valence-electron chi connectivity index (χ0n) is 24.2. The standard InChI is InChI=1S/C33H34N4O5/c1-18(2)25-15-22(14-19(3)20(25)4)17-35-30(39)23-10-8-21(9-11-23)16-34-26-7-5-6-24-29(26)33(42)37(32(24)41)27-12-13-28(38)36-31(27)40/h5-11,14-15,18,27,34H,12-13,16-17H2,1-4H3,(H,35,39)(H,36,38,40). The SMILES string of the molecule is Cc1cc(CNC(=O)c2ccc(CNc3cccc4c3C(=O)N(C3CCC(=O)NC3=O)C4=O)cc2)cc(C(C)C)c1C. The Balaban J connectivity index is 1.22. The number of nitrogens with one attached hydrogen (secondary N) is 3. The summed E-state index contributed by atoms with van der Waals surface area (Å²) in [6, 6.07) is 15.4. The number of carbonyl (C=O) groups excluding carboxylic acids is 5. The molecule has 5 rings (SSSR count). The minimum atomic E-state index is -1.02. The van der Waals surface area contributed by atoms with Gasteiger partial charge in [-0.05, 0) is 78.3 Å². The number of imide groups is 2. The van der Waals surface area contributed by atoms with E-state index in [4.69, 9.17) is 0 Å². The Bertz CT molecular complexity index is 1610. The van der Waals surface area contributed by atoms with Crippen LogP contribution in [0.25, 0.3) is 0 Å². The lowest BCUT2D eigenvalue weighted by molar-refractivity contribution is -0.136. The first-order valence-corrected chi connectivity index (χ1v) is 14.1. The summed E-state index contributed by atoms with van der Waals surface area (Å²) in [6.45, 7) is 9.33. The van der Waals surface area contributed by atoms with Gasteiger partial charge in [0.1, 0.15) is 6.04 Å². The first-order valence-electron chi connectivity index (χ1n) is 14.1. The molecule has 0 aliphatic carbocycles. The molecule has 2 aliphatic rings. The van der Waals surface area contributed by atoms with Crippen LogP contribution in [0.4, 0.5) is 5.69 Å². The summed E-state index contributed by atoms with van der Waals surface area (Å²) in [5.41, 5.74) is 7.14. The predicted octanol–water partition coefficient (Wildman–Crippen LogP) is 4.37. The first-order chi connectivity index (χ1) is 20.0. The number of piperidine rings is 1. The van der Waals surface area contributed by atoms with E-state index in [1.807, 2.05) is 12.1 Å². The Hall–Kier alpha value is -4.79. The molecule has 0 aromatic heterocycles. The van der Waals surface area contributed by atoms with Gasteiger partial charge in [0.05, 0.1) is 11.1 Å². The topological polar surface area (TPSA) is 125 Å². The molecule has 1 atom stereocenters. The number of benzene rings is 3. The fourth-order valence-electron chi connectivity index (χ4n) is 5.58. The largest absolute Gasteiger partial charge is 0.380 e. The van der Waals surface area contributed by atoms with Crippen LogP contribution in [0.3, 0.4) is 0 Å². The fourth-order valence-corrected chi connectivity index (χ4v) is 5.58. The molecule has 3 aromatic rings. The predicted molar refractivity (Wildman–Crippen MR) is 158 cm³/mol. The van der Waals surface area contributed by atoms with Crippen LogP contribution in [0.15, 0.2) is 54.6 Å². The molecule has 2 heterocycles. The molecule has 1 saturated heterocycles. The van der Waals surface area contributed by atoms with E-state index in [1.54, 1.807) is 30.3 Å². The lowest BCUT2D eigenvalue weighted by Crippen LogP contribution is -2.54. The van der Waals surface area contributed by atoms with E-state index in [0.29, 0.717) is 30.3 Å². The van der Waals surface area contributed by atoms with E-state index in [2.05, 4.69) is 55.8 Å². The summed E-state index contributed by atoms with van der Waals surface area (Å²) in [5.74, 6) is -1.94. The second-order valence-corrected chi connectivity index (χ2v) is 11.2. The molecule has 0 saturated carbocycles. The van der Waals surface area contributed by atoms with Gasteiger partial charge in [0.25, 0.3) is 17.7 Å². The smallest absolute Gasteiger partial charge is 0.264 e. The van der Waals surface area contributed by atoms with Gasteiger partial charge in [0.15, 0.2) is 0 Å². The number of nitrogens with zero attached hydrogens (tertiary/aromatic N) is 1. The van der Waals surface area contributed by atoms with Crippen LogP contribution in [-0.2, 0) is 22.7 Å². The van der Waals surface area contributed by atoms with E-state index >= 15 is 0 Å². The lowest BCUT2D eigenvalue weighted by atomic mass is 9.92. The van der Waals surface area contributed by atoms with Gasteiger partial charge in [-0.3, -0.25) is 34.2 Å². The summed E-state index contributed by atoms with van der Waals surface area (Å²) >= 11 is 0. The van der Waals surface area contributed by atoms with Crippen molar-refractivity contribution < 1.29 is 24.0 Å². The van der Waals surface area contributed by atoms with Crippen LogP contribution >= 0.6 is 0 Å². The summed E-state index contributed by atoms with van der Waals surface area (Å²) < 4.78 is 0. The second-order valence-electron chi connectivity index (χ2n) is 11.2. The van der Waals surface area contributed by atoms with Crippen molar-refractivity contribution in [2.45, 2.75) is 65.6 Å². The van der Waals surface area contributed by atoms with Gasteiger partial charge < -0.3 is 10.6 Å². The summed E-state index contributed by atoms with van der Waals surface area (Å²) in [6.07, 6.45) is 0.163. The highest BCUT2D eigenvalue weighted by Crippen LogP contribution is 2.32. The normalized spacial score (nSPS) is 16.5. The molecule has 3 N–H and O–H groups in total. The van der Waals surface area contributed by atoms with Gasteiger partial charge in [0.2, 0.25) is 11.8 Å². The first kappa shape index (κ1) is 28.7. The number of carbonyl (C=O) groups is 5. The molecule has 9 nitrogen and oxygen atoms in total. The minimum absolute atomic E-state index is 0.0631. The molecular formula is C33H34N4O5. The monoisotopic (exact) mass is 566 g/mol. The number of aryl methyl sites for hydroxylation is 1. The molecule has 3 aromatic carbocycles. The van der Waals surface area contributed by atoms with Crippen molar-refractivity contribution in [2.75, 3.05) is 5.32 Å². The maximum absolute atomic E-state index is 13.3. The van der Waals surface area contributed by atoms with E-state index in [9.17, 15) is 24.0 Å². The van der Waals surface area contributed by atoms with Crippen LogP contribution in [0.1, 0.15) is 91.5 Å². The lowest BCUT2D eigenvalue weighted by Gasteiger charge is -2.27. The summed E-state index contributed by atoms with van der Waals surface area (Å²) in [7, 11) is 0. The average Bonchev–Trinajstić information content (AvgIpc) is 3.22. The fraction of sp³-hybridized carbons (Fsp3) is 0.303. The molecule has 42 heavy (non-hydrogen) atoms. The third-order valence-corrected chi connectivity index (χ3v) is 8.01. The third-order valence-electron chi connectivity index (χ3n) is 8.01. The molecule has 5 amide bonds. The van der Waals surface area contributed by atoms with Crippen molar-refractivity contribution in [3.63, 3.8) is 0 Å². The molecule has 0 spiro atoms. The summed E-state index contributed by atoms with van der Waals surface area (Å²) in [4.78, 5) is 64.0. The highest BCUT2D eigenvalue weighted by atomic mass is 16.2. The Morgan fingerprint density at radius 1 is 0.952 bits per heavy atom. The molecule has 216 valence electrons. The molecule has 0 radical (unpaired) electrons. The van der Waals surface area contributed by atoms with Gasteiger partial charge in [-0.2, -0.15) is 0 Å². The van der Waals surface area contributed by atoms with Gasteiger partial charge in [-0.1, -0.05) is 44.2 Å². The average molecular weight is 567 g/mol. The molecular weight excluding hydrogens is 532 g/mol. The Morgan fingerprint density at radius 3 is 2.38 bits per heavy atom. The van der Waals surface area contributed by atoms with Gasteiger partial charge in [-0.15, -0.1) is 0 Å². The molecule has 9 heteroatoms. The highest BCUT2D eigenvalue weighted by molar-refractivity contribution is 6.25. The number of fused-ring (bicyclic) bond motifs is 1. The van der Waals surface area contributed by atoms with E-state index in [0.717, 1.165) is 16.0 Å². The van der Waals surface area contributed by atoms with Crippen molar-refractivity contribution in [3.05, 3.63) is 99.1 Å². The van der Waals surface area contributed by atoms with Crippen LogP contribution in [0, 0.1) is 13.8 Å². The highest BCUT2D eigenvalue weighted by Gasteiger charge is 2.45. The quantitative estimate of drug-likeness (QED) is 0.348. The molecule has 1 unspecified atom stereocenters. The third kappa shape index (κ3) is 5.54. The van der Waals surface area contributed by atoms with Crippen molar-refractivity contribution in [1.82, 2.24) is 15.5 Å². The van der Waals surface area contributed by atoms with Gasteiger partial charge in [0, 0.05) is 30.8 Å². The maximum atomic E-state index is 13.3. The Morgan fingerprint density at radius 2 is 1.69 bits per heavy atom. The molecule has 1 fully saturated rings. The Labute approximate surface area is 244 Å². The zero-order chi connectivity index (χ0) is 30.1. The van der Waals surface area contributed by atoms with E-state index in [1.165, 1.54) is 16.7 Å². The van der Waals surface area contributed by atoms with Crippen molar-refractivity contribution in [2.24, 2.45) is 0 Å². The van der Waals surface area contributed by atoms with Crippen LogP contribution in [0.5, 0.6) is 0 Å². The van der Waals surface area contributed by atoms with Gasteiger partial charge in [-0.25, -0.2) is 0 Å². The van der Waals surface area contributed by atoms with Crippen LogP contribution < -0.4 is 16.0 Å². The van der Waals surface area contributed by atoms with Crippen molar-refractivity contribution in [1.29, 1.82) is 0 Å². The number of rotatable bonds is 8. The minimum Gasteiger partial charge on any atom is -0.380 e. The van der Waals surface area contributed by atoms with E-state index in [-0.39, 0.29) is 29.9 Å².